The number of aromatic nitrogens is 1. The molecule has 2 rings (SSSR count). The van der Waals surface area contributed by atoms with Gasteiger partial charge in [-0.25, -0.2) is 0 Å². The highest BCUT2D eigenvalue weighted by Gasteiger charge is 2.00. The summed E-state index contributed by atoms with van der Waals surface area (Å²) in [4.78, 5) is 3.20. The first-order valence-electron chi connectivity index (χ1n) is 5.09. The summed E-state index contributed by atoms with van der Waals surface area (Å²) in [6.07, 6.45) is 3.46. The number of aromatic amines is 1. The van der Waals surface area contributed by atoms with Crippen LogP contribution in [0.5, 0.6) is 0 Å². The van der Waals surface area contributed by atoms with Crippen molar-refractivity contribution in [2.45, 2.75) is 12.8 Å². The normalized spacial score (nSPS) is 10.1. The zero-order valence-corrected chi connectivity index (χ0v) is 8.46. The summed E-state index contributed by atoms with van der Waals surface area (Å²) in [5.41, 5.74) is 2.25. The molecule has 0 fully saturated rings. The molecule has 76 valence electrons. The number of hydrogen-bond acceptors (Lipinski definition) is 2. The van der Waals surface area contributed by atoms with Gasteiger partial charge in [-0.3, -0.25) is 0 Å². The van der Waals surface area contributed by atoms with E-state index >= 15 is 0 Å². The summed E-state index contributed by atoms with van der Waals surface area (Å²) in [5.74, 6) is 0. The average Bonchev–Trinajstić information content (AvgIpc) is 2.68. The van der Waals surface area contributed by atoms with E-state index in [0.717, 1.165) is 24.2 Å². The van der Waals surface area contributed by atoms with Crippen molar-refractivity contribution >= 4 is 16.6 Å². The van der Waals surface area contributed by atoms with E-state index in [1.165, 1.54) is 5.39 Å². The third-order valence-corrected chi connectivity index (χ3v) is 2.37. The lowest BCUT2D eigenvalue weighted by molar-refractivity contribution is 0.898. The highest BCUT2D eigenvalue weighted by Crippen LogP contribution is 2.22. The Morgan fingerprint density at radius 3 is 3.07 bits per heavy atom. The number of para-hydroxylation sites is 1. The molecule has 0 bridgehead atoms. The molecule has 3 heteroatoms. The summed E-state index contributed by atoms with van der Waals surface area (Å²) in [6, 6.07) is 10.3. The van der Waals surface area contributed by atoms with Gasteiger partial charge in [-0.15, -0.1) is 0 Å². The predicted octanol–water partition coefficient (Wildman–Crippen LogP) is 2.88. The number of hydrogen-bond donors (Lipinski definition) is 2. The fourth-order valence-electron chi connectivity index (χ4n) is 1.61. The van der Waals surface area contributed by atoms with Gasteiger partial charge in [0.15, 0.2) is 0 Å². The molecular formula is C12H13N3. The van der Waals surface area contributed by atoms with Gasteiger partial charge in [0.25, 0.3) is 0 Å². The van der Waals surface area contributed by atoms with Gasteiger partial charge in [0.2, 0.25) is 0 Å². The van der Waals surface area contributed by atoms with Crippen LogP contribution >= 0.6 is 0 Å². The highest BCUT2D eigenvalue weighted by atomic mass is 14.9. The van der Waals surface area contributed by atoms with E-state index < -0.39 is 0 Å². The molecule has 1 aromatic carbocycles. The molecule has 0 aliphatic heterocycles. The SMILES string of the molecule is N#CCCCNc1c[nH]c2ccccc12. The van der Waals surface area contributed by atoms with Crippen LogP contribution in [-0.2, 0) is 0 Å². The monoisotopic (exact) mass is 199 g/mol. The van der Waals surface area contributed by atoms with Crippen LogP contribution in [0.3, 0.4) is 0 Å². The van der Waals surface area contributed by atoms with Gasteiger partial charge in [0.05, 0.1) is 11.8 Å². The summed E-state index contributed by atoms with van der Waals surface area (Å²) in [6.45, 7) is 0.843. The van der Waals surface area contributed by atoms with Crippen LogP contribution in [0.4, 0.5) is 5.69 Å². The second-order valence-electron chi connectivity index (χ2n) is 3.44. The lowest BCUT2D eigenvalue weighted by atomic mass is 10.2. The quantitative estimate of drug-likeness (QED) is 0.744. The van der Waals surface area contributed by atoms with Gasteiger partial charge < -0.3 is 10.3 Å². The van der Waals surface area contributed by atoms with Crippen molar-refractivity contribution in [1.29, 1.82) is 5.26 Å². The number of fused-ring (bicyclic) bond motifs is 1. The van der Waals surface area contributed by atoms with Gasteiger partial charge in [0, 0.05) is 30.1 Å². The fourth-order valence-corrected chi connectivity index (χ4v) is 1.61. The van der Waals surface area contributed by atoms with Crippen molar-refractivity contribution in [1.82, 2.24) is 4.98 Å². The van der Waals surface area contributed by atoms with Crippen LogP contribution in [0, 0.1) is 11.3 Å². The number of nitrogens with one attached hydrogen (secondary N) is 2. The molecule has 0 amide bonds. The van der Waals surface area contributed by atoms with Crippen molar-refractivity contribution in [3.63, 3.8) is 0 Å². The minimum atomic E-state index is 0.607. The molecule has 2 N–H and O–H groups in total. The maximum absolute atomic E-state index is 8.41. The number of H-pyrrole nitrogens is 1. The third kappa shape index (κ3) is 2.10. The molecule has 15 heavy (non-hydrogen) atoms. The van der Waals surface area contributed by atoms with Gasteiger partial charge in [0.1, 0.15) is 0 Å². The summed E-state index contributed by atoms with van der Waals surface area (Å²) >= 11 is 0. The molecule has 2 aromatic rings. The van der Waals surface area contributed by atoms with E-state index in [0.29, 0.717) is 6.42 Å². The number of nitrogens with zero attached hydrogens (tertiary/aromatic N) is 1. The predicted molar refractivity (Wildman–Crippen MR) is 61.6 cm³/mol. The number of rotatable bonds is 4. The van der Waals surface area contributed by atoms with Crippen LogP contribution in [0.1, 0.15) is 12.8 Å². The van der Waals surface area contributed by atoms with Crippen molar-refractivity contribution in [2.75, 3.05) is 11.9 Å². The van der Waals surface area contributed by atoms with E-state index in [1.807, 2.05) is 18.3 Å². The second kappa shape index (κ2) is 4.52. The third-order valence-electron chi connectivity index (χ3n) is 2.37. The Bertz CT molecular complexity index is 479. The van der Waals surface area contributed by atoms with E-state index in [-0.39, 0.29) is 0 Å². The first kappa shape index (κ1) is 9.60. The molecule has 3 nitrogen and oxygen atoms in total. The molecule has 1 heterocycles. The molecule has 0 unspecified atom stereocenters. The molecule has 0 aliphatic rings. The van der Waals surface area contributed by atoms with Crippen LogP contribution in [0.15, 0.2) is 30.5 Å². The summed E-state index contributed by atoms with van der Waals surface area (Å²) < 4.78 is 0. The molecule has 0 aliphatic carbocycles. The number of unbranched alkanes of at least 4 members (excludes halogenated alkanes) is 1. The fraction of sp³-hybridized carbons (Fsp3) is 0.250. The Labute approximate surface area is 88.7 Å². The Hall–Kier alpha value is -1.95. The standard InChI is InChI=1S/C12H13N3/c13-7-3-4-8-14-12-9-15-11-6-2-1-5-10(11)12/h1-2,5-6,9,14-15H,3-4,8H2. The summed E-state index contributed by atoms with van der Waals surface area (Å²) in [7, 11) is 0. The molecule has 0 radical (unpaired) electrons. The molecule has 0 saturated carbocycles. The van der Waals surface area contributed by atoms with Crippen molar-refractivity contribution in [3.05, 3.63) is 30.5 Å². The second-order valence-corrected chi connectivity index (χ2v) is 3.44. The van der Waals surface area contributed by atoms with Gasteiger partial charge in [-0.1, -0.05) is 18.2 Å². The number of nitriles is 1. The van der Waals surface area contributed by atoms with Crippen LogP contribution in [0.25, 0.3) is 10.9 Å². The van der Waals surface area contributed by atoms with Crippen LogP contribution in [0.2, 0.25) is 0 Å². The molecule has 0 saturated heterocycles. The van der Waals surface area contributed by atoms with E-state index in [9.17, 15) is 0 Å². The average molecular weight is 199 g/mol. The van der Waals surface area contributed by atoms with E-state index in [1.54, 1.807) is 0 Å². The number of benzene rings is 1. The molecular weight excluding hydrogens is 186 g/mol. The van der Waals surface area contributed by atoms with Gasteiger partial charge >= 0.3 is 0 Å². The Morgan fingerprint density at radius 1 is 1.33 bits per heavy atom. The minimum Gasteiger partial charge on any atom is -0.383 e. The minimum absolute atomic E-state index is 0.607. The van der Waals surface area contributed by atoms with E-state index in [4.69, 9.17) is 5.26 Å². The largest absolute Gasteiger partial charge is 0.383 e. The highest BCUT2D eigenvalue weighted by molar-refractivity contribution is 5.92. The maximum Gasteiger partial charge on any atom is 0.0622 e. The van der Waals surface area contributed by atoms with Crippen molar-refractivity contribution < 1.29 is 0 Å². The zero-order valence-electron chi connectivity index (χ0n) is 8.46. The summed E-state index contributed by atoms with van der Waals surface area (Å²) in [5, 5.41) is 12.9. The van der Waals surface area contributed by atoms with Gasteiger partial charge in [-0.05, 0) is 12.5 Å². The first-order valence-corrected chi connectivity index (χ1v) is 5.09. The zero-order chi connectivity index (χ0) is 10.5. The van der Waals surface area contributed by atoms with Crippen LogP contribution in [-0.4, -0.2) is 11.5 Å². The Balaban J connectivity index is 2.05. The lowest BCUT2D eigenvalue weighted by Crippen LogP contribution is -1.99. The van der Waals surface area contributed by atoms with Crippen LogP contribution < -0.4 is 5.32 Å². The Morgan fingerprint density at radius 2 is 2.20 bits per heavy atom. The molecule has 0 atom stereocenters. The molecule has 1 aromatic heterocycles. The van der Waals surface area contributed by atoms with E-state index in [2.05, 4.69) is 28.5 Å². The lowest BCUT2D eigenvalue weighted by Gasteiger charge is -2.02. The topological polar surface area (TPSA) is 51.6 Å². The van der Waals surface area contributed by atoms with Gasteiger partial charge in [-0.2, -0.15) is 5.26 Å². The first-order chi connectivity index (χ1) is 7.42. The molecule has 0 spiro atoms. The smallest absolute Gasteiger partial charge is 0.0622 e. The van der Waals surface area contributed by atoms with Crippen molar-refractivity contribution in [2.24, 2.45) is 0 Å². The maximum atomic E-state index is 8.41. The number of anilines is 1. The van der Waals surface area contributed by atoms with Crippen molar-refractivity contribution in [3.8, 4) is 6.07 Å². The Kier molecular flexibility index (Phi) is 2.89.